The van der Waals surface area contributed by atoms with E-state index >= 15 is 0 Å². The second-order valence-corrected chi connectivity index (χ2v) is 3.44. The summed E-state index contributed by atoms with van der Waals surface area (Å²) in [5.41, 5.74) is 3.98. The molecule has 0 saturated heterocycles. The molecule has 1 aromatic rings. The molecule has 0 unspecified atom stereocenters. The Labute approximate surface area is 84.2 Å². The number of carbonyl (C=O) groups excluding carboxylic acids is 1. The summed E-state index contributed by atoms with van der Waals surface area (Å²) >= 11 is 0. The van der Waals surface area contributed by atoms with Gasteiger partial charge in [0.2, 0.25) is 0 Å². The summed E-state index contributed by atoms with van der Waals surface area (Å²) in [6.07, 6.45) is -0.0384. The number of nitriles is 1. The van der Waals surface area contributed by atoms with Crippen molar-refractivity contribution in [1.82, 2.24) is 0 Å². The molecule has 0 aliphatic rings. The Balaban J connectivity index is 3.19. The Hall–Kier alpha value is -1.62. The van der Waals surface area contributed by atoms with E-state index < -0.39 is 0 Å². The summed E-state index contributed by atoms with van der Waals surface area (Å²) in [5, 5.41) is 8.44. The van der Waals surface area contributed by atoms with Crippen molar-refractivity contribution in [2.75, 3.05) is 0 Å². The second-order valence-electron chi connectivity index (χ2n) is 3.44. The first-order valence-corrected chi connectivity index (χ1v) is 4.55. The molecule has 0 aliphatic carbocycles. The van der Waals surface area contributed by atoms with Gasteiger partial charge in [-0.05, 0) is 37.5 Å². The molecule has 0 spiro atoms. The molecule has 0 amide bonds. The van der Waals surface area contributed by atoms with Gasteiger partial charge in [0, 0.05) is 5.56 Å². The number of benzene rings is 1. The summed E-state index contributed by atoms with van der Waals surface area (Å²) in [7, 11) is 0. The minimum absolute atomic E-state index is 0.0384. The number of nitrogens with zero attached hydrogens (tertiary/aromatic N) is 1. The molecule has 14 heavy (non-hydrogen) atoms. The molecule has 0 saturated carbocycles. The van der Waals surface area contributed by atoms with Gasteiger partial charge in [-0.15, -0.1) is 0 Å². The van der Waals surface area contributed by atoms with E-state index in [-0.39, 0.29) is 12.2 Å². The Morgan fingerprint density at radius 1 is 1.29 bits per heavy atom. The number of aryl methyl sites for hydroxylation is 1. The highest BCUT2D eigenvalue weighted by Crippen LogP contribution is 2.18. The van der Waals surface area contributed by atoms with Crippen LogP contribution in [0.1, 0.15) is 33.5 Å². The van der Waals surface area contributed by atoms with E-state index in [2.05, 4.69) is 0 Å². The number of Topliss-reactive ketones (excluding diaryl/α,β-unsaturated/α-hetero) is 1. The van der Waals surface area contributed by atoms with Crippen LogP contribution in [0, 0.1) is 32.1 Å². The quantitative estimate of drug-likeness (QED) is 0.668. The van der Waals surface area contributed by atoms with Gasteiger partial charge < -0.3 is 0 Å². The Morgan fingerprint density at radius 3 is 2.50 bits per heavy atom. The molecule has 1 rings (SSSR count). The zero-order valence-corrected chi connectivity index (χ0v) is 8.72. The number of hydrogen-bond donors (Lipinski definition) is 0. The van der Waals surface area contributed by atoms with Crippen LogP contribution in [-0.4, -0.2) is 5.78 Å². The highest BCUT2D eigenvalue weighted by atomic mass is 16.1. The summed E-state index contributed by atoms with van der Waals surface area (Å²) in [6.45, 7) is 5.93. The van der Waals surface area contributed by atoms with Gasteiger partial charge >= 0.3 is 0 Å². The SMILES string of the molecule is Cc1ccc(C(=O)CC#N)c(C)c1C. The van der Waals surface area contributed by atoms with E-state index in [1.165, 1.54) is 5.56 Å². The second kappa shape index (κ2) is 4.06. The zero-order valence-electron chi connectivity index (χ0n) is 8.72. The van der Waals surface area contributed by atoms with Crippen LogP contribution in [0.25, 0.3) is 0 Å². The predicted octanol–water partition coefficient (Wildman–Crippen LogP) is 2.71. The third kappa shape index (κ3) is 1.82. The molecule has 72 valence electrons. The van der Waals surface area contributed by atoms with Gasteiger partial charge in [-0.3, -0.25) is 4.79 Å². The first-order chi connectivity index (χ1) is 6.57. The molecular formula is C12H13NO. The van der Waals surface area contributed by atoms with E-state index in [9.17, 15) is 4.79 Å². The molecule has 2 nitrogen and oxygen atoms in total. The lowest BCUT2D eigenvalue weighted by atomic mass is 9.95. The van der Waals surface area contributed by atoms with Gasteiger partial charge in [-0.1, -0.05) is 12.1 Å². The highest BCUT2D eigenvalue weighted by molar-refractivity contribution is 5.99. The molecule has 0 N–H and O–H groups in total. The fourth-order valence-electron chi connectivity index (χ4n) is 1.43. The van der Waals surface area contributed by atoms with Crippen LogP contribution in [0.2, 0.25) is 0 Å². The number of carbonyl (C=O) groups is 1. The molecule has 0 bridgehead atoms. The molecule has 0 fully saturated rings. The van der Waals surface area contributed by atoms with Crippen molar-refractivity contribution in [1.29, 1.82) is 5.26 Å². The summed E-state index contributed by atoms with van der Waals surface area (Å²) < 4.78 is 0. The lowest BCUT2D eigenvalue weighted by Crippen LogP contribution is -2.02. The van der Waals surface area contributed by atoms with Crippen molar-refractivity contribution in [2.45, 2.75) is 27.2 Å². The van der Waals surface area contributed by atoms with E-state index in [0.29, 0.717) is 5.56 Å². The van der Waals surface area contributed by atoms with Gasteiger partial charge in [0.25, 0.3) is 0 Å². The van der Waals surface area contributed by atoms with Crippen LogP contribution >= 0.6 is 0 Å². The Morgan fingerprint density at radius 2 is 1.93 bits per heavy atom. The molecule has 1 aromatic carbocycles. The van der Waals surface area contributed by atoms with E-state index in [4.69, 9.17) is 5.26 Å². The van der Waals surface area contributed by atoms with Crippen LogP contribution in [-0.2, 0) is 0 Å². The van der Waals surface area contributed by atoms with Crippen molar-refractivity contribution < 1.29 is 4.79 Å². The van der Waals surface area contributed by atoms with E-state index in [1.807, 2.05) is 32.9 Å². The maximum atomic E-state index is 11.5. The average molecular weight is 187 g/mol. The number of ketones is 1. The normalized spacial score (nSPS) is 9.57. The van der Waals surface area contributed by atoms with Gasteiger partial charge in [0.05, 0.1) is 12.5 Å². The van der Waals surface area contributed by atoms with Gasteiger partial charge in [0.15, 0.2) is 5.78 Å². The van der Waals surface area contributed by atoms with Gasteiger partial charge in [-0.25, -0.2) is 0 Å². The number of hydrogen-bond acceptors (Lipinski definition) is 2. The van der Waals surface area contributed by atoms with E-state index in [0.717, 1.165) is 11.1 Å². The van der Waals surface area contributed by atoms with Crippen molar-refractivity contribution in [3.8, 4) is 6.07 Å². The number of rotatable bonds is 2. The third-order valence-corrected chi connectivity index (χ3v) is 2.60. The minimum atomic E-state index is -0.0897. The van der Waals surface area contributed by atoms with Gasteiger partial charge in [0.1, 0.15) is 0 Å². The van der Waals surface area contributed by atoms with Crippen molar-refractivity contribution in [3.63, 3.8) is 0 Å². The molecule has 0 radical (unpaired) electrons. The van der Waals surface area contributed by atoms with Gasteiger partial charge in [-0.2, -0.15) is 5.26 Å². The standard InChI is InChI=1S/C12H13NO/c1-8-4-5-11(10(3)9(8)2)12(14)6-7-13/h4-5H,6H2,1-3H3. The summed E-state index contributed by atoms with van der Waals surface area (Å²) in [6, 6.07) is 5.60. The lowest BCUT2D eigenvalue weighted by molar-refractivity contribution is 0.0997. The lowest BCUT2D eigenvalue weighted by Gasteiger charge is -2.08. The fourth-order valence-corrected chi connectivity index (χ4v) is 1.43. The predicted molar refractivity (Wildman–Crippen MR) is 55.2 cm³/mol. The molecule has 0 aliphatic heterocycles. The maximum Gasteiger partial charge on any atom is 0.177 e. The first kappa shape index (κ1) is 10.5. The minimum Gasteiger partial charge on any atom is -0.293 e. The van der Waals surface area contributed by atoms with Crippen molar-refractivity contribution >= 4 is 5.78 Å². The maximum absolute atomic E-state index is 11.5. The van der Waals surface area contributed by atoms with Crippen molar-refractivity contribution in [3.05, 3.63) is 34.4 Å². The molecule has 0 heterocycles. The monoisotopic (exact) mass is 187 g/mol. The molecule has 2 heteroatoms. The largest absolute Gasteiger partial charge is 0.293 e. The van der Waals surface area contributed by atoms with Crippen LogP contribution in [0.5, 0.6) is 0 Å². The van der Waals surface area contributed by atoms with Crippen LogP contribution in [0.4, 0.5) is 0 Å². The van der Waals surface area contributed by atoms with E-state index in [1.54, 1.807) is 6.07 Å². The fraction of sp³-hybridized carbons (Fsp3) is 0.333. The molecular weight excluding hydrogens is 174 g/mol. The van der Waals surface area contributed by atoms with Crippen LogP contribution < -0.4 is 0 Å². The summed E-state index contributed by atoms with van der Waals surface area (Å²) in [4.78, 5) is 11.5. The highest BCUT2D eigenvalue weighted by Gasteiger charge is 2.10. The molecule has 0 atom stereocenters. The van der Waals surface area contributed by atoms with Crippen LogP contribution in [0.15, 0.2) is 12.1 Å². The van der Waals surface area contributed by atoms with Crippen LogP contribution in [0.3, 0.4) is 0 Å². The van der Waals surface area contributed by atoms with Crippen molar-refractivity contribution in [2.24, 2.45) is 0 Å². The summed E-state index contributed by atoms with van der Waals surface area (Å²) in [5.74, 6) is -0.0897. The first-order valence-electron chi connectivity index (χ1n) is 4.55. The average Bonchev–Trinajstić information content (AvgIpc) is 2.15. The third-order valence-electron chi connectivity index (χ3n) is 2.60. The Bertz CT molecular complexity index is 413. The Kier molecular flexibility index (Phi) is 3.03. The zero-order chi connectivity index (χ0) is 10.7. The molecule has 0 aromatic heterocycles. The topological polar surface area (TPSA) is 40.9 Å². The smallest absolute Gasteiger partial charge is 0.177 e.